The molecule has 2 heterocycles. The second-order valence-electron chi connectivity index (χ2n) is 12.3. The van der Waals surface area contributed by atoms with E-state index in [0.29, 0.717) is 32.3 Å². The fourth-order valence-corrected chi connectivity index (χ4v) is 6.06. The van der Waals surface area contributed by atoms with E-state index in [1.54, 1.807) is 17.0 Å². The van der Waals surface area contributed by atoms with E-state index >= 15 is 0 Å². The van der Waals surface area contributed by atoms with E-state index < -0.39 is 22.0 Å². The Morgan fingerprint density at radius 1 is 1.02 bits per heavy atom. The van der Waals surface area contributed by atoms with E-state index in [4.69, 9.17) is 24.1 Å². The summed E-state index contributed by atoms with van der Waals surface area (Å²) < 4.78 is 74.2. The molecule has 2 aliphatic heterocycles. The summed E-state index contributed by atoms with van der Waals surface area (Å²) in [7, 11) is -3.35. The summed E-state index contributed by atoms with van der Waals surface area (Å²) >= 11 is 0. The number of piperidine rings is 1. The number of halogens is 3. The van der Waals surface area contributed by atoms with Crippen LogP contribution in [0.3, 0.4) is 0 Å². The van der Waals surface area contributed by atoms with Gasteiger partial charge in [0.15, 0.2) is 9.84 Å². The maximum Gasteiger partial charge on any atom is 0.490 e. The molecule has 1 unspecified atom stereocenters. The van der Waals surface area contributed by atoms with Crippen molar-refractivity contribution < 1.29 is 50.5 Å². The molecule has 15 heteroatoms. The lowest BCUT2D eigenvalue weighted by atomic mass is 9.95. The highest BCUT2D eigenvalue weighted by Crippen LogP contribution is 2.37. The van der Waals surface area contributed by atoms with Crippen LogP contribution in [0.4, 0.5) is 23.7 Å². The third kappa shape index (κ3) is 11.1. The first-order valence-electron chi connectivity index (χ1n) is 16.1. The molecule has 3 aromatic rings. The van der Waals surface area contributed by atoms with Gasteiger partial charge in [0.1, 0.15) is 12.4 Å². The summed E-state index contributed by atoms with van der Waals surface area (Å²) in [5.41, 5.74) is 4.53. The van der Waals surface area contributed by atoms with Crippen LogP contribution in [0, 0.1) is 5.92 Å². The van der Waals surface area contributed by atoms with Gasteiger partial charge in [-0.05, 0) is 48.2 Å². The molecule has 1 atom stereocenters. The highest BCUT2D eigenvalue weighted by atomic mass is 32.2. The number of nitrogens with zero attached hydrogens (tertiary/aromatic N) is 1. The highest BCUT2D eigenvalue weighted by molar-refractivity contribution is 7.90. The van der Waals surface area contributed by atoms with E-state index in [-0.39, 0.29) is 29.8 Å². The SMILES string of the molecule is CC(C)NCCNc1cc(S(C)(=O)=O)ccc1-c1ccc2c(c1)COC(C1CCN(C(=O)OCc3ccccc3)CC1)O2.O=C(O)C(F)(F)F. The maximum atomic E-state index is 12.6. The number of fused-ring (bicyclic) bond motifs is 1. The van der Waals surface area contributed by atoms with Gasteiger partial charge in [-0.3, -0.25) is 0 Å². The van der Waals surface area contributed by atoms with Crippen LogP contribution in [-0.4, -0.2) is 81.4 Å². The van der Waals surface area contributed by atoms with Gasteiger partial charge in [0.05, 0.1) is 11.5 Å². The Morgan fingerprint density at radius 3 is 2.32 bits per heavy atom. The summed E-state index contributed by atoms with van der Waals surface area (Å²) in [5, 5.41) is 13.9. The predicted octanol–water partition coefficient (Wildman–Crippen LogP) is 6.08. The molecule has 0 aliphatic carbocycles. The summed E-state index contributed by atoms with van der Waals surface area (Å²) in [5.74, 6) is -1.80. The monoisotopic (exact) mass is 721 g/mol. The molecule has 0 saturated carbocycles. The van der Waals surface area contributed by atoms with Crippen LogP contribution in [-0.2, 0) is 37.3 Å². The first-order valence-corrected chi connectivity index (χ1v) is 18.0. The predicted molar refractivity (Wildman–Crippen MR) is 180 cm³/mol. The zero-order chi connectivity index (χ0) is 36.5. The molecular formula is C35H42F3N3O8S. The number of anilines is 1. The fraction of sp³-hybridized carbons (Fsp3) is 0.429. The van der Waals surface area contributed by atoms with Crippen LogP contribution in [0.25, 0.3) is 11.1 Å². The first-order chi connectivity index (χ1) is 23.6. The van der Waals surface area contributed by atoms with E-state index in [9.17, 15) is 26.4 Å². The molecule has 3 N–H and O–H groups in total. The van der Waals surface area contributed by atoms with Crippen molar-refractivity contribution in [1.29, 1.82) is 0 Å². The van der Waals surface area contributed by atoms with Gasteiger partial charge in [0, 0.05) is 61.2 Å². The van der Waals surface area contributed by atoms with Crippen molar-refractivity contribution >= 4 is 27.6 Å². The Balaban J connectivity index is 0.000000727. The van der Waals surface area contributed by atoms with E-state index in [0.717, 1.165) is 53.1 Å². The number of rotatable bonds is 10. The zero-order valence-corrected chi connectivity index (χ0v) is 28.9. The van der Waals surface area contributed by atoms with Crippen LogP contribution in [0.2, 0.25) is 0 Å². The lowest BCUT2D eigenvalue weighted by molar-refractivity contribution is -0.192. The number of nitrogens with one attached hydrogen (secondary N) is 2. The number of carbonyl (C=O) groups is 2. The van der Waals surface area contributed by atoms with E-state index in [2.05, 4.69) is 24.5 Å². The highest BCUT2D eigenvalue weighted by Gasteiger charge is 2.38. The number of carboxylic acids is 1. The molecule has 1 amide bonds. The van der Waals surface area contributed by atoms with Gasteiger partial charge in [0.2, 0.25) is 6.29 Å². The minimum absolute atomic E-state index is 0.171. The number of sulfone groups is 1. The second-order valence-corrected chi connectivity index (χ2v) is 14.3. The van der Waals surface area contributed by atoms with Crippen molar-refractivity contribution in [2.24, 2.45) is 5.92 Å². The molecule has 272 valence electrons. The number of carboxylic acid groups (broad SMARTS) is 1. The zero-order valence-electron chi connectivity index (χ0n) is 28.0. The van der Waals surface area contributed by atoms with Gasteiger partial charge in [-0.15, -0.1) is 0 Å². The topological polar surface area (TPSA) is 143 Å². The summed E-state index contributed by atoms with van der Waals surface area (Å²) in [6.07, 6.45) is -2.99. The van der Waals surface area contributed by atoms with Crippen molar-refractivity contribution in [2.75, 3.05) is 37.8 Å². The number of amides is 1. The number of hydrogen-bond acceptors (Lipinski definition) is 9. The number of benzene rings is 3. The summed E-state index contributed by atoms with van der Waals surface area (Å²) in [6.45, 7) is 7.45. The molecule has 0 aromatic heterocycles. The van der Waals surface area contributed by atoms with Crippen LogP contribution in [0.1, 0.15) is 37.8 Å². The van der Waals surface area contributed by atoms with Crippen LogP contribution < -0.4 is 15.4 Å². The number of likely N-dealkylation sites (tertiary alicyclic amines) is 1. The van der Waals surface area contributed by atoms with Crippen molar-refractivity contribution in [3.63, 3.8) is 0 Å². The fourth-order valence-electron chi connectivity index (χ4n) is 5.41. The number of carbonyl (C=O) groups excluding carboxylic acids is 1. The van der Waals surface area contributed by atoms with Crippen molar-refractivity contribution in [3.8, 4) is 16.9 Å². The molecule has 5 rings (SSSR count). The first kappa shape index (κ1) is 38.5. The maximum absolute atomic E-state index is 12.6. The molecule has 0 spiro atoms. The Labute approximate surface area is 289 Å². The number of ether oxygens (including phenoxy) is 3. The van der Waals surface area contributed by atoms with E-state index in [1.807, 2.05) is 54.6 Å². The standard InChI is InChI=1S/C33H41N3O6S.C2HF3O2/c1-23(2)34-15-16-35-30-20-28(43(3,38)39)10-11-29(30)26-9-12-31-27(19-26)22-40-32(42-31)25-13-17-36(18-14-25)33(37)41-21-24-7-5-4-6-8-24;3-2(4,5)1(6)7/h4-12,19-20,23,25,32,34-35H,13-18,21-22H2,1-3H3;(H,6,7). The van der Waals surface area contributed by atoms with Crippen molar-refractivity contribution in [3.05, 3.63) is 77.9 Å². The molecule has 50 heavy (non-hydrogen) atoms. The molecule has 0 bridgehead atoms. The quantitative estimate of drug-likeness (QED) is 0.211. The molecule has 1 fully saturated rings. The summed E-state index contributed by atoms with van der Waals surface area (Å²) in [6, 6.07) is 21.2. The Kier molecular flexibility index (Phi) is 13.1. The molecule has 1 saturated heterocycles. The lowest BCUT2D eigenvalue weighted by Crippen LogP contribution is -2.44. The average Bonchev–Trinajstić information content (AvgIpc) is 3.08. The Bertz CT molecular complexity index is 1710. The molecule has 11 nitrogen and oxygen atoms in total. The molecule has 0 radical (unpaired) electrons. The Hall–Kier alpha value is -4.34. The third-order valence-corrected chi connectivity index (χ3v) is 9.17. The van der Waals surface area contributed by atoms with Gasteiger partial charge < -0.3 is 34.9 Å². The van der Waals surface area contributed by atoms with E-state index in [1.165, 1.54) is 6.26 Å². The lowest BCUT2D eigenvalue weighted by Gasteiger charge is -2.37. The van der Waals surface area contributed by atoms with Crippen LogP contribution >= 0.6 is 0 Å². The number of aliphatic carboxylic acids is 1. The molecule has 2 aliphatic rings. The minimum atomic E-state index is -5.08. The number of alkyl halides is 3. The molecular weight excluding hydrogens is 679 g/mol. The van der Waals surface area contributed by atoms with Crippen molar-refractivity contribution in [2.45, 2.75) is 63.3 Å². The van der Waals surface area contributed by atoms with Crippen LogP contribution in [0.15, 0.2) is 71.6 Å². The largest absolute Gasteiger partial charge is 0.490 e. The normalized spacial score (nSPS) is 16.5. The summed E-state index contributed by atoms with van der Waals surface area (Å²) in [4.78, 5) is 23.5. The molecule has 3 aromatic carbocycles. The number of hydrogen-bond donors (Lipinski definition) is 3. The van der Waals surface area contributed by atoms with Gasteiger partial charge >= 0.3 is 18.2 Å². The Morgan fingerprint density at radius 2 is 1.70 bits per heavy atom. The average molecular weight is 722 g/mol. The van der Waals surface area contributed by atoms with Crippen LogP contribution in [0.5, 0.6) is 5.75 Å². The van der Waals surface area contributed by atoms with Gasteiger partial charge in [-0.2, -0.15) is 13.2 Å². The van der Waals surface area contributed by atoms with Gasteiger partial charge in [0.25, 0.3) is 0 Å². The minimum Gasteiger partial charge on any atom is -0.475 e. The smallest absolute Gasteiger partial charge is 0.475 e. The third-order valence-electron chi connectivity index (χ3n) is 8.06. The second kappa shape index (κ2) is 17.1. The van der Waals surface area contributed by atoms with Crippen molar-refractivity contribution in [1.82, 2.24) is 10.2 Å². The van der Waals surface area contributed by atoms with Gasteiger partial charge in [-0.1, -0.05) is 56.3 Å². The van der Waals surface area contributed by atoms with Gasteiger partial charge in [-0.25, -0.2) is 18.0 Å².